The number of hydrogen-bond acceptors (Lipinski definition) is 1. The molecule has 0 heterocycles. The predicted octanol–water partition coefficient (Wildman–Crippen LogP) is 3.38. The van der Waals surface area contributed by atoms with Crippen LogP contribution in [0.1, 0.15) is 13.8 Å². The number of rotatable bonds is 2. The Morgan fingerprint density at radius 2 is 2.13 bits per heavy atom. The van der Waals surface area contributed by atoms with Crippen molar-refractivity contribution >= 4 is 23.2 Å². The van der Waals surface area contributed by atoms with Gasteiger partial charge in [0.05, 0.1) is 10.7 Å². The molecule has 4 heteroatoms. The van der Waals surface area contributed by atoms with Crippen LogP contribution in [0.15, 0.2) is 29.8 Å². The van der Waals surface area contributed by atoms with Crippen molar-refractivity contribution in [3.8, 4) is 0 Å². The summed E-state index contributed by atoms with van der Waals surface area (Å²) in [5, 5.41) is 2.40. The highest BCUT2D eigenvalue weighted by Crippen LogP contribution is 2.21. The summed E-state index contributed by atoms with van der Waals surface area (Å²) >= 11 is 5.56. The molecule has 0 aromatic heterocycles. The number of allylic oxidation sites excluding steroid dienone is 1. The normalized spacial score (nSPS) is 9.60. The van der Waals surface area contributed by atoms with Gasteiger partial charge in [0.25, 0.3) is 0 Å². The Balaban J connectivity index is 2.86. The van der Waals surface area contributed by atoms with E-state index < -0.39 is 5.82 Å². The van der Waals surface area contributed by atoms with E-state index in [0.717, 1.165) is 5.57 Å². The number of amides is 1. The number of benzene rings is 1. The van der Waals surface area contributed by atoms with Gasteiger partial charge in [-0.15, -0.1) is 0 Å². The fraction of sp³-hybridized carbons (Fsp3) is 0.182. The smallest absolute Gasteiger partial charge is 0.248 e. The number of nitrogens with one attached hydrogen (secondary N) is 1. The van der Waals surface area contributed by atoms with Gasteiger partial charge in [-0.05, 0) is 26.0 Å². The van der Waals surface area contributed by atoms with Crippen LogP contribution in [0.5, 0.6) is 0 Å². The molecule has 0 saturated carbocycles. The lowest BCUT2D eigenvalue weighted by Gasteiger charge is -2.04. The molecule has 0 aliphatic rings. The fourth-order valence-corrected chi connectivity index (χ4v) is 1.21. The molecule has 0 aliphatic heterocycles. The van der Waals surface area contributed by atoms with E-state index in [1.54, 1.807) is 19.9 Å². The average molecular weight is 228 g/mol. The number of hydrogen-bond donors (Lipinski definition) is 1. The zero-order valence-electron chi connectivity index (χ0n) is 8.47. The van der Waals surface area contributed by atoms with E-state index in [4.69, 9.17) is 11.6 Å². The van der Waals surface area contributed by atoms with Crippen molar-refractivity contribution in [3.63, 3.8) is 0 Å². The van der Waals surface area contributed by atoms with E-state index in [1.165, 1.54) is 18.2 Å². The Kier molecular flexibility index (Phi) is 3.86. The quantitative estimate of drug-likeness (QED) is 0.771. The highest BCUT2D eigenvalue weighted by Gasteiger charge is 2.07. The standard InChI is InChI=1S/C11H11ClFNO/c1-7(2)6-10(15)14-9-5-3-4-8(12)11(9)13/h3-6H,1-2H3,(H,14,15). The van der Waals surface area contributed by atoms with Crippen molar-refractivity contribution in [2.45, 2.75) is 13.8 Å². The minimum Gasteiger partial charge on any atom is -0.320 e. The van der Waals surface area contributed by atoms with E-state index in [1.807, 2.05) is 0 Å². The molecule has 1 aromatic carbocycles. The lowest BCUT2D eigenvalue weighted by Crippen LogP contribution is -2.09. The van der Waals surface area contributed by atoms with Crippen LogP contribution in [0, 0.1) is 5.82 Å². The third-order valence-corrected chi connectivity index (χ3v) is 1.92. The first-order valence-electron chi connectivity index (χ1n) is 4.40. The van der Waals surface area contributed by atoms with Crippen LogP contribution < -0.4 is 5.32 Å². The SMILES string of the molecule is CC(C)=CC(=O)Nc1cccc(Cl)c1F. The Morgan fingerprint density at radius 3 is 2.73 bits per heavy atom. The van der Waals surface area contributed by atoms with Crippen molar-refractivity contribution in [2.24, 2.45) is 0 Å². The monoisotopic (exact) mass is 227 g/mol. The van der Waals surface area contributed by atoms with Crippen molar-refractivity contribution < 1.29 is 9.18 Å². The van der Waals surface area contributed by atoms with Crippen molar-refractivity contribution in [1.29, 1.82) is 0 Å². The first-order chi connectivity index (χ1) is 7.00. The zero-order valence-corrected chi connectivity index (χ0v) is 9.23. The first kappa shape index (κ1) is 11.7. The maximum absolute atomic E-state index is 13.3. The van der Waals surface area contributed by atoms with Crippen LogP contribution in [0.25, 0.3) is 0 Å². The molecule has 0 saturated heterocycles. The Morgan fingerprint density at radius 1 is 1.47 bits per heavy atom. The second-order valence-electron chi connectivity index (χ2n) is 3.31. The average Bonchev–Trinajstić information content (AvgIpc) is 2.11. The van der Waals surface area contributed by atoms with Crippen LogP contribution in [0.4, 0.5) is 10.1 Å². The number of anilines is 1. The van der Waals surface area contributed by atoms with Crippen molar-refractivity contribution in [1.82, 2.24) is 0 Å². The van der Waals surface area contributed by atoms with Gasteiger partial charge in [-0.2, -0.15) is 0 Å². The number of halogens is 2. The van der Waals surface area contributed by atoms with Gasteiger partial charge in [-0.1, -0.05) is 23.2 Å². The Hall–Kier alpha value is -1.35. The molecule has 0 bridgehead atoms. The van der Waals surface area contributed by atoms with Gasteiger partial charge in [0.15, 0.2) is 5.82 Å². The van der Waals surface area contributed by atoms with E-state index in [0.29, 0.717) is 0 Å². The van der Waals surface area contributed by atoms with Crippen LogP contribution in [-0.4, -0.2) is 5.91 Å². The summed E-state index contributed by atoms with van der Waals surface area (Å²) in [5.41, 5.74) is 0.930. The largest absolute Gasteiger partial charge is 0.320 e. The Bertz CT molecular complexity index is 411. The topological polar surface area (TPSA) is 29.1 Å². The summed E-state index contributed by atoms with van der Waals surface area (Å²) in [7, 11) is 0. The molecule has 1 amide bonds. The summed E-state index contributed by atoms with van der Waals surface area (Å²) in [5.74, 6) is -0.981. The van der Waals surface area contributed by atoms with E-state index in [9.17, 15) is 9.18 Å². The van der Waals surface area contributed by atoms with Gasteiger partial charge in [0.1, 0.15) is 0 Å². The lowest BCUT2D eigenvalue weighted by atomic mass is 10.3. The number of carbonyl (C=O) groups excluding carboxylic acids is 1. The molecule has 0 atom stereocenters. The molecule has 15 heavy (non-hydrogen) atoms. The minimum absolute atomic E-state index is 0.00926. The maximum Gasteiger partial charge on any atom is 0.248 e. The number of carbonyl (C=O) groups is 1. The van der Waals surface area contributed by atoms with Gasteiger partial charge in [0.2, 0.25) is 5.91 Å². The third-order valence-electron chi connectivity index (χ3n) is 1.63. The van der Waals surface area contributed by atoms with Gasteiger partial charge in [0, 0.05) is 6.08 Å². The second kappa shape index (κ2) is 4.94. The molecule has 0 radical (unpaired) electrons. The first-order valence-corrected chi connectivity index (χ1v) is 4.78. The molecule has 0 fully saturated rings. The van der Waals surface area contributed by atoms with Crippen LogP contribution in [0.3, 0.4) is 0 Å². The summed E-state index contributed by atoms with van der Waals surface area (Å²) in [4.78, 5) is 11.3. The lowest BCUT2D eigenvalue weighted by molar-refractivity contribution is -0.112. The van der Waals surface area contributed by atoms with E-state index >= 15 is 0 Å². The van der Waals surface area contributed by atoms with Crippen LogP contribution in [-0.2, 0) is 4.79 Å². The van der Waals surface area contributed by atoms with Crippen LogP contribution in [0.2, 0.25) is 5.02 Å². The minimum atomic E-state index is -0.616. The van der Waals surface area contributed by atoms with Crippen LogP contribution >= 0.6 is 11.6 Å². The highest BCUT2D eigenvalue weighted by atomic mass is 35.5. The van der Waals surface area contributed by atoms with Crippen molar-refractivity contribution in [3.05, 3.63) is 40.7 Å². The van der Waals surface area contributed by atoms with Gasteiger partial charge in [-0.25, -0.2) is 4.39 Å². The molecule has 0 unspecified atom stereocenters. The zero-order chi connectivity index (χ0) is 11.4. The van der Waals surface area contributed by atoms with Gasteiger partial charge >= 0.3 is 0 Å². The van der Waals surface area contributed by atoms with E-state index in [-0.39, 0.29) is 16.6 Å². The molecule has 1 N–H and O–H groups in total. The van der Waals surface area contributed by atoms with Gasteiger partial charge in [-0.3, -0.25) is 4.79 Å². The maximum atomic E-state index is 13.3. The molecule has 2 nitrogen and oxygen atoms in total. The molecular weight excluding hydrogens is 217 g/mol. The summed E-state index contributed by atoms with van der Waals surface area (Å²) in [6.45, 7) is 3.57. The molecule has 0 spiro atoms. The van der Waals surface area contributed by atoms with Gasteiger partial charge < -0.3 is 5.32 Å². The summed E-state index contributed by atoms with van der Waals surface area (Å²) < 4.78 is 13.3. The fourth-order valence-electron chi connectivity index (χ4n) is 1.03. The molecule has 1 rings (SSSR count). The highest BCUT2D eigenvalue weighted by molar-refractivity contribution is 6.31. The van der Waals surface area contributed by atoms with E-state index in [2.05, 4.69) is 5.32 Å². The molecular formula is C11H11ClFNO. The Labute approximate surface area is 92.7 Å². The predicted molar refractivity (Wildman–Crippen MR) is 59.5 cm³/mol. The molecule has 0 aliphatic carbocycles. The summed E-state index contributed by atoms with van der Waals surface area (Å²) in [6.07, 6.45) is 1.39. The summed E-state index contributed by atoms with van der Waals surface area (Å²) in [6, 6.07) is 4.45. The second-order valence-corrected chi connectivity index (χ2v) is 3.72. The molecule has 1 aromatic rings. The van der Waals surface area contributed by atoms with Crippen molar-refractivity contribution in [2.75, 3.05) is 5.32 Å². The third kappa shape index (κ3) is 3.36. The molecule has 80 valence electrons.